The van der Waals surface area contributed by atoms with E-state index >= 15 is 0 Å². The zero-order valence-corrected chi connectivity index (χ0v) is 12.9. The van der Waals surface area contributed by atoms with Gasteiger partial charge >= 0.3 is 0 Å². The van der Waals surface area contributed by atoms with Crippen molar-refractivity contribution in [2.24, 2.45) is 0 Å². The average Bonchev–Trinajstić information content (AvgIpc) is 2.58. The number of amides is 1. The van der Waals surface area contributed by atoms with Crippen LogP contribution in [0.5, 0.6) is 0 Å². The molecule has 4 nitrogen and oxygen atoms in total. The number of rotatable bonds is 4. The summed E-state index contributed by atoms with van der Waals surface area (Å²) in [5.41, 5.74) is 2.01. The zero-order chi connectivity index (χ0) is 16.1. The van der Waals surface area contributed by atoms with E-state index in [-0.39, 0.29) is 5.91 Å². The number of benzene rings is 2. The maximum absolute atomic E-state index is 12.5. The Bertz CT molecular complexity index is 804. The zero-order valence-electron chi connectivity index (χ0n) is 12.2. The van der Waals surface area contributed by atoms with Crippen molar-refractivity contribution < 1.29 is 4.79 Å². The highest BCUT2D eigenvalue weighted by molar-refractivity contribution is 6.30. The van der Waals surface area contributed by atoms with E-state index in [1.54, 1.807) is 30.5 Å². The van der Waals surface area contributed by atoms with Gasteiger partial charge in [0.1, 0.15) is 5.82 Å². The van der Waals surface area contributed by atoms with Crippen LogP contribution in [0.4, 0.5) is 17.2 Å². The molecule has 114 valence electrons. The first-order valence-electron chi connectivity index (χ1n) is 7.06. The van der Waals surface area contributed by atoms with Crippen LogP contribution in [0, 0.1) is 0 Å². The summed E-state index contributed by atoms with van der Waals surface area (Å²) < 4.78 is 0. The maximum Gasteiger partial charge on any atom is 0.259 e. The van der Waals surface area contributed by atoms with Crippen molar-refractivity contribution in [3.63, 3.8) is 0 Å². The SMILES string of the molecule is O=C(Nc1ccccc1)c1cccnc1Nc1ccc(Cl)cc1. The first-order chi connectivity index (χ1) is 11.2. The Morgan fingerprint density at radius 2 is 1.61 bits per heavy atom. The van der Waals surface area contributed by atoms with Crippen LogP contribution in [-0.4, -0.2) is 10.9 Å². The molecule has 0 unspecified atom stereocenters. The number of nitrogens with one attached hydrogen (secondary N) is 2. The van der Waals surface area contributed by atoms with Crippen LogP contribution in [0.2, 0.25) is 5.02 Å². The third kappa shape index (κ3) is 3.87. The van der Waals surface area contributed by atoms with Gasteiger partial charge in [0.2, 0.25) is 0 Å². The van der Waals surface area contributed by atoms with Crippen molar-refractivity contribution in [2.75, 3.05) is 10.6 Å². The molecule has 0 spiro atoms. The smallest absolute Gasteiger partial charge is 0.259 e. The number of hydrogen-bond donors (Lipinski definition) is 2. The molecule has 1 aromatic heterocycles. The first kappa shape index (κ1) is 15.1. The van der Waals surface area contributed by atoms with E-state index in [9.17, 15) is 4.79 Å². The molecule has 0 aliphatic carbocycles. The highest BCUT2D eigenvalue weighted by atomic mass is 35.5. The molecular formula is C18H14ClN3O. The first-order valence-corrected chi connectivity index (χ1v) is 7.44. The van der Waals surface area contributed by atoms with Crippen molar-refractivity contribution in [1.29, 1.82) is 0 Å². The summed E-state index contributed by atoms with van der Waals surface area (Å²) in [4.78, 5) is 16.7. The fraction of sp³-hybridized carbons (Fsp3) is 0. The summed E-state index contributed by atoms with van der Waals surface area (Å²) >= 11 is 5.88. The van der Waals surface area contributed by atoms with E-state index < -0.39 is 0 Å². The Morgan fingerprint density at radius 3 is 2.35 bits per heavy atom. The summed E-state index contributed by atoms with van der Waals surface area (Å²) in [6, 6.07) is 20.0. The topological polar surface area (TPSA) is 54.0 Å². The number of carbonyl (C=O) groups is 1. The molecule has 1 amide bonds. The Kier molecular flexibility index (Phi) is 4.54. The molecule has 23 heavy (non-hydrogen) atoms. The van der Waals surface area contributed by atoms with E-state index in [4.69, 9.17) is 11.6 Å². The normalized spacial score (nSPS) is 10.1. The molecule has 0 bridgehead atoms. The second kappa shape index (κ2) is 6.94. The third-order valence-electron chi connectivity index (χ3n) is 3.19. The van der Waals surface area contributed by atoms with Crippen LogP contribution in [0.15, 0.2) is 72.9 Å². The molecular weight excluding hydrogens is 310 g/mol. The standard InChI is InChI=1S/C18H14ClN3O/c19-13-8-10-15(11-9-13)21-17-16(7-4-12-20-17)18(23)22-14-5-2-1-3-6-14/h1-12H,(H,20,21)(H,22,23). The van der Waals surface area contributed by atoms with E-state index in [0.717, 1.165) is 11.4 Å². The number of nitrogens with zero attached hydrogens (tertiary/aromatic N) is 1. The minimum absolute atomic E-state index is 0.222. The summed E-state index contributed by atoms with van der Waals surface area (Å²) in [6.07, 6.45) is 1.64. The molecule has 0 fully saturated rings. The van der Waals surface area contributed by atoms with Crippen LogP contribution < -0.4 is 10.6 Å². The molecule has 0 aliphatic heterocycles. The third-order valence-corrected chi connectivity index (χ3v) is 3.44. The van der Waals surface area contributed by atoms with Gasteiger partial charge in [0, 0.05) is 22.6 Å². The lowest BCUT2D eigenvalue weighted by molar-refractivity contribution is 0.102. The van der Waals surface area contributed by atoms with Crippen LogP contribution in [0.25, 0.3) is 0 Å². The minimum Gasteiger partial charge on any atom is -0.340 e. The Labute approximate surface area is 139 Å². The van der Waals surface area contributed by atoms with Gasteiger partial charge in [-0.3, -0.25) is 4.79 Å². The molecule has 3 aromatic rings. The van der Waals surface area contributed by atoms with Gasteiger partial charge in [0.25, 0.3) is 5.91 Å². The lowest BCUT2D eigenvalue weighted by Crippen LogP contribution is -2.14. The lowest BCUT2D eigenvalue weighted by Gasteiger charge is -2.11. The van der Waals surface area contributed by atoms with Crippen LogP contribution in [0.1, 0.15) is 10.4 Å². The highest BCUT2D eigenvalue weighted by Gasteiger charge is 2.12. The fourth-order valence-electron chi connectivity index (χ4n) is 2.08. The molecule has 0 radical (unpaired) electrons. The quantitative estimate of drug-likeness (QED) is 0.729. The van der Waals surface area contributed by atoms with Crippen LogP contribution >= 0.6 is 11.6 Å². The summed E-state index contributed by atoms with van der Waals surface area (Å²) in [5, 5.41) is 6.64. The van der Waals surface area contributed by atoms with Crippen molar-refractivity contribution in [1.82, 2.24) is 4.98 Å². The predicted octanol–water partition coefficient (Wildman–Crippen LogP) is 4.73. The van der Waals surface area contributed by atoms with Crippen molar-refractivity contribution >= 4 is 34.7 Å². The van der Waals surface area contributed by atoms with Gasteiger partial charge in [-0.15, -0.1) is 0 Å². The molecule has 5 heteroatoms. The van der Waals surface area contributed by atoms with Crippen molar-refractivity contribution in [3.05, 3.63) is 83.5 Å². The number of halogens is 1. The van der Waals surface area contributed by atoms with Gasteiger partial charge in [0.15, 0.2) is 0 Å². The maximum atomic E-state index is 12.5. The summed E-state index contributed by atoms with van der Waals surface area (Å²) in [7, 11) is 0. The number of hydrogen-bond acceptors (Lipinski definition) is 3. The molecule has 0 aliphatic rings. The second-order valence-corrected chi connectivity index (χ2v) is 5.29. The number of para-hydroxylation sites is 1. The van der Waals surface area contributed by atoms with Crippen LogP contribution in [-0.2, 0) is 0 Å². The Hall–Kier alpha value is -2.85. The number of anilines is 3. The van der Waals surface area contributed by atoms with E-state index in [2.05, 4.69) is 15.6 Å². The van der Waals surface area contributed by atoms with Gasteiger partial charge in [-0.1, -0.05) is 29.8 Å². The molecule has 2 N–H and O–H groups in total. The average molecular weight is 324 g/mol. The summed E-state index contributed by atoms with van der Waals surface area (Å²) in [5.74, 6) is 0.268. The molecule has 0 atom stereocenters. The lowest BCUT2D eigenvalue weighted by atomic mass is 10.2. The Morgan fingerprint density at radius 1 is 0.870 bits per heavy atom. The van der Waals surface area contributed by atoms with Gasteiger partial charge in [-0.2, -0.15) is 0 Å². The fourth-order valence-corrected chi connectivity index (χ4v) is 2.20. The van der Waals surface area contributed by atoms with Crippen LogP contribution in [0.3, 0.4) is 0 Å². The Balaban J connectivity index is 1.82. The van der Waals surface area contributed by atoms with Gasteiger partial charge < -0.3 is 10.6 Å². The largest absolute Gasteiger partial charge is 0.340 e. The summed E-state index contributed by atoms with van der Waals surface area (Å²) in [6.45, 7) is 0. The van der Waals surface area contributed by atoms with Crippen molar-refractivity contribution in [2.45, 2.75) is 0 Å². The molecule has 1 heterocycles. The molecule has 0 saturated heterocycles. The monoisotopic (exact) mass is 323 g/mol. The molecule has 3 rings (SSSR count). The number of pyridine rings is 1. The van der Waals surface area contributed by atoms with E-state index in [1.165, 1.54) is 0 Å². The predicted molar refractivity (Wildman–Crippen MR) is 93.4 cm³/mol. The molecule has 2 aromatic carbocycles. The number of carbonyl (C=O) groups excluding carboxylic acids is 1. The van der Waals surface area contributed by atoms with Gasteiger partial charge in [0.05, 0.1) is 5.56 Å². The van der Waals surface area contributed by atoms with Crippen molar-refractivity contribution in [3.8, 4) is 0 Å². The van der Waals surface area contributed by atoms with Gasteiger partial charge in [-0.05, 0) is 48.5 Å². The minimum atomic E-state index is -0.222. The van der Waals surface area contributed by atoms with Gasteiger partial charge in [-0.25, -0.2) is 4.98 Å². The van der Waals surface area contributed by atoms with E-state index in [1.807, 2.05) is 42.5 Å². The molecule has 0 saturated carbocycles. The second-order valence-electron chi connectivity index (χ2n) is 4.85. The highest BCUT2D eigenvalue weighted by Crippen LogP contribution is 2.21. The number of aromatic nitrogens is 1. The van der Waals surface area contributed by atoms with E-state index in [0.29, 0.717) is 16.4 Å².